The van der Waals surface area contributed by atoms with Gasteiger partial charge in [0.15, 0.2) is 18.0 Å². The molecule has 1 fully saturated rings. The molecule has 0 unspecified atom stereocenters. The summed E-state index contributed by atoms with van der Waals surface area (Å²) in [6.45, 7) is 3.72. The Balaban J connectivity index is 0.000000550. The van der Waals surface area contributed by atoms with Crippen LogP contribution < -0.4 is 10.1 Å². The van der Waals surface area contributed by atoms with Crippen LogP contribution in [0.5, 0.6) is 5.75 Å². The number of nitrogens with one attached hydrogen (secondary N) is 1. The highest BCUT2D eigenvalue weighted by atomic mass is 16.7. The van der Waals surface area contributed by atoms with Gasteiger partial charge in [0.1, 0.15) is 28.9 Å². The van der Waals surface area contributed by atoms with Gasteiger partial charge in [-0.25, -0.2) is 14.6 Å². The molecule has 0 aliphatic carbocycles. The van der Waals surface area contributed by atoms with Crippen LogP contribution in [0, 0.1) is 0 Å². The van der Waals surface area contributed by atoms with Gasteiger partial charge in [0.05, 0.1) is 18.9 Å². The number of rotatable bonds is 16. The third-order valence-electron chi connectivity index (χ3n) is 9.24. The van der Waals surface area contributed by atoms with Gasteiger partial charge in [-0.15, -0.1) is 0 Å². The molecule has 0 radical (unpaired) electrons. The number of carboxylic acids is 2. The summed E-state index contributed by atoms with van der Waals surface area (Å²) in [6.07, 6.45) is 7.12. The molecule has 1 spiro atoms. The molecule has 0 bridgehead atoms. The zero-order chi connectivity index (χ0) is 38.5. The maximum atomic E-state index is 13.4. The number of oxime groups is 1. The second-order valence-electron chi connectivity index (χ2n) is 13.1. The van der Waals surface area contributed by atoms with Crippen LogP contribution in [0.15, 0.2) is 58.5 Å². The summed E-state index contributed by atoms with van der Waals surface area (Å²) in [5, 5.41) is 39.9. The first-order valence-electron chi connectivity index (χ1n) is 17.5. The van der Waals surface area contributed by atoms with Crippen LogP contribution in [0.25, 0.3) is 22.5 Å². The molecule has 2 aliphatic rings. The Morgan fingerprint density at radius 3 is 2.34 bits per heavy atom. The topological polar surface area (TPSA) is 234 Å². The fourth-order valence-electron chi connectivity index (χ4n) is 5.91. The van der Waals surface area contributed by atoms with Crippen LogP contribution in [0.1, 0.15) is 76.6 Å². The maximum absolute atomic E-state index is 13.4. The highest BCUT2D eigenvalue weighted by Crippen LogP contribution is 2.37. The minimum Gasteiger partial charge on any atom is -0.496 e. The van der Waals surface area contributed by atoms with Crippen molar-refractivity contribution >= 4 is 29.3 Å². The Hall–Kier alpha value is -5.19. The zero-order valence-electron chi connectivity index (χ0n) is 30.1. The van der Waals surface area contributed by atoms with E-state index in [1.165, 1.54) is 0 Å². The number of aliphatic hydroxyl groups is 2. The summed E-state index contributed by atoms with van der Waals surface area (Å²) in [5.41, 5.74) is 2.73. The van der Waals surface area contributed by atoms with E-state index in [9.17, 15) is 19.2 Å². The molecule has 2 aromatic heterocycles. The van der Waals surface area contributed by atoms with E-state index in [0.717, 1.165) is 61.9 Å². The summed E-state index contributed by atoms with van der Waals surface area (Å²) in [4.78, 5) is 61.6. The number of aliphatic hydroxyl groups excluding tert-OH is 2. The minimum atomic E-state index is -2.27. The van der Waals surface area contributed by atoms with Gasteiger partial charge in [-0.05, 0) is 43.7 Å². The molecule has 1 saturated heterocycles. The number of oxazole rings is 1. The smallest absolute Gasteiger partial charge is 0.335 e. The molecule has 2 aliphatic heterocycles. The van der Waals surface area contributed by atoms with E-state index in [0.29, 0.717) is 48.8 Å². The summed E-state index contributed by atoms with van der Waals surface area (Å²) in [5.74, 6) is -1.92. The number of ether oxygens (including phenoxy) is 1. The Kier molecular flexibility index (Phi) is 14.6. The van der Waals surface area contributed by atoms with E-state index >= 15 is 0 Å². The molecule has 3 aromatic rings. The number of amides is 1. The number of carbonyl (C=O) groups excluding carboxylic acids is 2. The van der Waals surface area contributed by atoms with Gasteiger partial charge >= 0.3 is 11.9 Å². The highest BCUT2D eigenvalue weighted by Gasteiger charge is 2.43. The fourth-order valence-corrected chi connectivity index (χ4v) is 5.91. The van der Waals surface area contributed by atoms with Crippen molar-refractivity contribution in [2.24, 2.45) is 5.16 Å². The number of benzene rings is 1. The Morgan fingerprint density at radius 1 is 1.00 bits per heavy atom. The lowest BCUT2D eigenvalue weighted by molar-refractivity contribution is -0.165. The summed E-state index contributed by atoms with van der Waals surface area (Å²) in [7, 11) is 3.71. The number of methoxy groups -OCH3 is 1. The first kappa shape index (κ1) is 40.6. The summed E-state index contributed by atoms with van der Waals surface area (Å²) in [6, 6.07) is 9.31. The predicted molar refractivity (Wildman–Crippen MR) is 191 cm³/mol. The molecule has 1 amide bonds. The largest absolute Gasteiger partial charge is 0.496 e. The molecule has 16 heteroatoms. The Bertz CT molecular complexity index is 1720. The van der Waals surface area contributed by atoms with Gasteiger partial charge < -0.3 is 44.6 Å². The number of aromatic nitrogens is 2. The van der Waals surface area contributed by atoms with Gasteiger partial charge in [-0.3, -0.25) is 14.6 Å². The minimum absolute atomic E-state index is 0.264. The van der Waals surface area contributed by atoms with Crippen molar-refractivity contribution in [3.63, 3.8) is 0 Å². The van der Waals surface area contributed by atoms with Gasteiger partial charge in [-0.2, -0.15) is 0 Å². The van der Waals surface area contributed by atoms with Gasteiger partial charge in [0.25, 0.3) is 5.91 Å². The molecule has 1 aromatic carbocycles. The number of piperidine rings is 1. The van der Waals surface area contributed by atoms with Gasteiger partial charge in [0, 0.05) is 63.2 Å². The van der Waals surface area contributed by atoms with Crippen molar-refractivity contribution in [2.75, 3.05) is 27.2 Å². The number of pyridine rings is 1. The second-order valence-corrected chi connectivity index (χ2v) is 13.1. The number of ketones is 1. The fraction of sp³-hybridized carbons (Fsp3) is 0.486. The number of hydrogen-bond donors (Lipinski definition) is 5. The maximum Gasteiger partial charge on any atom is 0.335 e. The van der Waals surface area contributed by atoms with Crippen LogP contribution in [0.3, 0.4) is 0 Å². The quantitative estimate of drug-likeness (QED) is 0.132. The molecule has 16 nitrogen and oxygen atoms in total. The standard InChI is InChI=1S/C33H41N5O5.C4H6O6/c1-4-25(39)10-6-5-7-11-27(36-31(40)28-20-33(43-37-28)14-17-38(2)18-15-33)32-35-22-30(42-32)26-13-12-23(19-29(26)41-3)24-9-8-16-34-21-24;5-1(3(7)8)2(6)4(9)10/h8-9,12-13,16,19,21-22,27H,4-7,10-11,14-15,17-18,20H2,1-3H3,(H,36,40);1-2,5-6H,(H,7,8)(H,9,10)/t27-;1-,2-/m01/s1. The number of Topliss-reactive ketones (excluding diaryl/α,β-unsaturated/α-hetero) is 1. The molecule has 0 saturated carbocycles. The second kappa shape index (κ2) is 19.0. The summed E-state index contributed by atoms with van der Waals surface area (Å²) >= 11 is 0. The van der Waals surface area contributed by atoms with Gasteiger partial charge in [0.2, 0.25) is 5.89 Å². The van der Waals surface area contributed by atoms with Crippen LogP contribution in [-0.4, -0.2) is 110 Å². The molecule has 5 rings (SSSR count). The monoisotopic (exact) mass is 737 g/mol. The molecular weight excluding hydrogens is 690 g/mol. The van der Waals surface area contributed by atoms with Crippen molar-refractivity contribution in [3.05, 3.63) is 54.8 Å². The van der Waals surface area contributed by atoms with Crippen molar-refractivity contribution in [2.45, 2.75) is 88.6 Å². The van der Waals surface area contributed by atoms with E-state index in [1.807, 2.05) is 37.3 Å². The van der Waals surface area contributed by atoms with E-state index in [1.54, 1.807) is 25.7 Å². The molecule has 53 heavy (non-hydrogen) atoms. The predicted octanol–water partition coefficient (Wildman–Crippen LogP) is 3.62. The number of carboxylic acid groups (broad SMARTS) is 2. The van der Waals surface area contributed by atoms with E-state index in [-0.39, 0.29) is 11.7 Å². The van der Waals surface area contributed by atoms with Crippen molar-refractivity contribution < 1.29 is 53.6 Å². The molecule has 286 valence electrons. The van der Waals surface area contributed by atoms with Crippen LogP contribution in [-0.2, 0) is 24.0 Å². The SMILES string of the molecule is CCC(=O)CCCCC[C@H](NC(=O)C1=NOC2(CCN(C)CC2)C1)c1ncc(-c2ccc(-c3cccnc3)cc2OC)o1.O=C(O)[C@H](O)[C@@H](O)C(=O)O. The lowest BCUT2D eigenvalue weighted by Crippen LogP contribution is -2.44. The number of carbonyl (C=O) groups is 4. The third-order valence-corrected chi connectivity index (χ3v) is 9.24. The number of aliphatic carboxylic acids is 2. The Labute approximate surface area is 306 Å². The number of nitrogens with zero attached hydrogens (tertiary/aromatic N) is 4. The van der Waals surface area contributed by atoms with Crippen molar-refractivity contribution in [3.8, 4) is 28.2 Å². The normalized spacial score (nSPS) is 16.7. The highest BCUT2D eigenvalue weighted by molar-refractivity contribution is 6.39. The van der Waals surface area contributed by atoms with E-state index < -0.39 is 35.8 Å². The van der Waals surface area contributed by atoms with E-state index in [2.05, 4.69) is 32.4 Å². The molecule has 5 N–H and O–H groups in total. The molecular formula is C37H47N5O11. The number of hydrogen-bond acceptors (Lipinski definition) is 13. The van der Waals surface area contributed by atoms with Crippen molar-refractivity contribution in [1.29, 1.82) is 0 Å². The van der Waals surface area contributed by atoms with Crippen LogP contribution in [0.2, 0.25) is 0 Å². The Morgan fingerprint density at radius 2 is 1.72 bits per heavy atom. The summed E-state index contributed by atoms with van der Waals surface area (Å²) < 4.78 is 12.0. The zero-order valence-corrected chi connectivity index (χ0v) is 30.1. The average Bonchev–Trinajstić information content (AvgIpc) is 3.83. The van der Waals surface area contributed by atoms with Crippen LogP contribution in [0.4, 0.5) is 0 Å². The van der Waals surface area contributed by atoms with Gasteiger partial charge in [-0.1, -0.05) is 37.1 Å². The van der Waals surface area contributed by atoms with Crippen molar-refractivity contribution in [1.82, 2.24) is 20.2 Å². The first-order chi connectivity index (χ1) is 25.4. The average molecular weight is 738 g/mol. The lowest BCUT2D eigenvalue weighted by atomic mass is 9.87. The third kappa shape index (κ3) is 11.2. The molecule has 3 atom stereocenters. The lowest BCUT2D eigenvalue weighted by Gasteiger charge is -2.35. The first-order valence-corrected chi connectivity index (χ1v) is 17.5. The molecule has 4 heterocycles. The number of unbranched alkanes of at least 4 members (excludes halogenated alkanes) is 2. The number of likely N-dealkylation sites (tertiary alicyclic amines) is 1. The van der Waals surface area contributed by atoms with Crippen LogP contribution >= 0.6 is 0 Å². The van der Waals surface area contributed by atoms with E-state index in [4.69, 9.17) is 34.4 Å².